The van der Waals surface area contributed by atoms with Gasteiger partial charge in [-0.05, 0) is 37.3 Å². The molecular weight excluding hydrogens is 202 g/mol. The van der Waals surface area contributed by atoms with Crippen molar-refractivity contribution in [3.8, 4) is 0 Å². The minimum atomic E-state index is 0.191. The third-order valence-electron chi connectivity index (χ3n) is 1.77. The Balaban J connectivity index is 2.83. The van der Waals surface area contributed by atoms with E-state index in [2.05, 4.69) is 6.07 Å². The van der Waals surface area contributed by atoms with Gasteiger partial charge in [-0.15, -0.1) is 11.8 Å². The van der Waals surface area contributed by atoms with E-state index in [0.717, 1.165) is 16.3 Å². The van der Waals surface area contributed by atoms with Crippen LogP contribution in [0.1, 0.15) is 12.5 Å². The maximum atomic E-state index is 6.05. The number of nitrogens with two attached hydrogens (primary N) is 1. The van der Waals surface area contributed by atoms with Crippen molar-refractivity contribution in [3.63, 3.8) is 0 Å². The van der Waals surface area contributed by atoms with Gasteiger partial charge in [0.2, 0.25) is 0 Å². The van der Waals surface area contributed by atoms with Crippen LogP contribution in [0.2, 0.25) is 5.02 Å². The summed E-state index contributed by atoms with van der Waals surface area (Å²) in [6.07, 6.45) is 2.90. The highest BCUT2D eigenvalue weighted by atomic mass is 35.5. The molecular formula is C10H14ClNS. The number of hydrogen-bond donors (Lipinski definition) is 1. The molecule has 3 heteroatoms. The fourth-order valence-electron chi connectivity index (χ4n) is 1.21. The summed E-state index contributed by atoms with van der Waals surface area (Å²) in [5.74, 6) is 0. The van der Waals surface area contributed by atoms with Gasteiger partial charge in [0.15, 0.2) is 0 Å². The molecule has 1 nitrogen and oxygen atoms in total. The first-order chi connectivity index (χ1) is 6.13. The van der Waals surface area contributed by atoms with E-state index in [1.165, 1.54) is 5.56 Å². The summed E-state index contributed by atoms with van der Waals surface area (Å²) in [6.45, 7) is 2.00. The standard InChI is InChI=1S/C10H14ClNS/c1-7(12)5-8-3-4-10(13-2)9(11)6-8/h3-4,6-7H,5,12H2,1-2H3. The SMILES string of the molecule is CSc1ccc(CC(C)N)cc1Cl. The van der Waals surface area contributed by atoms with Crippen molar-refractivity contribution >= 4 is 23.4 Å². The Bertz CT molecular complexity index is 286. The zero-order valence-corrected chi connectivity index (χ0v) is 9.45. The van der Waals surface area contributed by atoms with E-state index in [0.29, 0.717) is 0 Å². The molecule has 0 radical (unpaired) electrons. The molecule has 0 aliphatic carbocycles. The molecule has 0 saturated carbocycles. The molecule has 1 rings (SSSR count). The average molecular weight is 216 g/mol. The largest absolute Gasteiger partial charge is 0.328 e. The summed E-state index contributed by atoms with van der Waals surface area (Å²) in [5, 5.41) is 0.825. The van der Waals surface area contributed by atoms with Crippen LogP contribution in [0.25, 0.3) is 0 Å². The molecule has 0 bridgehead atoms. The lowest BCUT2D eigenvalue weighted by Gasteiger charge is -2.07. The van der Waals surface area contributed by atoms with Crippen molar-refractivity contribution in [1.29, 1.82) is 0 Å². The van der Waals surface area contributed by atoms with E-state index in [1.54, 1.807) is 11.8 Å². The number of halogens is 1. The monoisotopic (exact) mass is 215 g/mol. The Labute approximate surface area is 88.7 Å². The second-order valence-electron chi connectivity index (χ2n) is 3.15. The molecule has 1 unspecified atom stereocenters. The normalized spacial score (nSPS) is 12.9. The van der Waals surface area contributed by atoms with Crippen molar-refractivity contribution in [2.45, 2.75) is 24.3 Å². The van der Waals surface area contributed by atoms with Gasteiger partial charge in [0, 0.05) is 10.9 Å². The fraction of sp³-hybridized carbons (Fsp3) is 0.400. The number of benzene rings is 1. The van der Waals surface area contributed by atoms with Crippen LogP contribution in [-0.2, 0) is 6.42 Å². The molecule has 0 aliphatic heterocycles. The first kappa shape index (κ1) is 10.9. The van der Waals surface area contributed by atoms with Crippen LogP contribution < -0.4 is 5.73 Å². The Morgan fingerprint density at radius 3 is 2.69 bits per heavy atom. The molecule has 2 N–H and O–H groups in total. The quantitative estimate of drug-likeness (QED) is 0.785. The second kappa shape index (κ2) is 4.89. The highest BCUT2D eigenvalue weighted by Gasteiger charge is 2.02. The lowest BCUT2D eigenvalue weighted by atomic mass is 10.1. The van der Waals surface area contributed by atoms with Crippen molar-refractivity contribution in [2.75, 3.05) is 6.26 Å². The van der Waals surface area contributed by atoms with Crippen molar-refractivity contribution in [3.05, 3.63) is 28.8 Å². The van der Waals surface area contributed by atoms with Crippen LogP contribution in [0.15, 0.2) is 23.1 Å². The van der Waals surface area contributed by atoms with Crippen LogP contribution in [0.5, 0.6) is 0 Å². The van der Waals surface area contributed by atoms with Crippen LogP contribution in [0.4, 0.5) is 0 Å². The maximum Gasteiger partial charge on any atom is 0.0544 e. The zero-order valence-electron chi connectivity index (χ0n) is 7.88. The third-order valence-corrected chi connectivity index (χ3v) is 2.99. The van der Waals surface area contributed by atoms with Gasteiger partial charge in [-0.1, -0.05) is 17.7 Å². The van der Waals surface area contributed by atoms with E-state index in [-0.39, 0.29) is 6.04 Å². The minimum Gasteiger partial charge on any atom is -0.328 e. The number of hydrogen-bond acceptors (Lipinski definition) is 2. The Hall–Kier alpha value is -0.180. The summed E-state index contributed by atoms with van der Waals surface area (Å²) in [6, 6.07) is 6.32. The zero-order chi connectivity index (χ0) is 9.84. The fourth-order valence-corrected chi connectivity index (χ4v) is 2.10. The van der Waals surface area contributed by atoms with Gasteiger partial charge in [0.05, 0.1) is 5.02 Å². The van der Waals surface area contributed by atoms with Crippen LogP contribution in [0, 0.1) is 0 Å². The molecule has 0 spiro atoms. The Kier molecular flexibility index (Phi) is 4.10. The van der Waals surface area contributed by atoms with Crippen LogP contribution in [0.3, 0.4) is 0 Å². The predicted molar refractivity (Wildman–Crippen MR) is 60.6 cm³/mol. The summed E-state index contributed by atoms with van der Waals surface area (Å²) >= 11 is 7.71. The maximum absolute atomic E-state index is 6.05. The van der Waals surface area contributed by atoms with Crippen LogP contribution in [-0.4, -0.2) is 12.3 Å². The van der Waals surface area contributed by atoms with Crippen LogP contribution >= 0.6 is 23.4 Å². The highest BCUT2D eigenvalue weighted by Crippen LogP contribution is 2.26. The molecule has 72 valence electrons. The molecule has 0 amide bonds. The van der Waals surface area contributed by atoms with Crippen molar-refractivity contribution in [2.24, 2.45) is 5.73 Å². The molecule has 0 aromatic heterocycles. The molecule has 1 atom stereocenters. The second-order valence-corrected chi connectivity index (χ2v) is 4.41. The Morgan fingerprint density at radius 1 is 1.54 bits per heavy atom. The molecule has 0 fully saturated rings. The molecule has 0 heterocycles. The van der Waals surface area contributed by atoms with Gasteiger partial charge in [-0.25, -0.2) is 0 Å². The summed E-state index contributed by atoms with van der Waals surface area (Å²) in [5.41, 5.74) is 6.90. The van der Waals surface area contributed by atoms with Gasteiger partial charge in [-0.2, -0.15) is 0 Å². The van der Waals surface area contributed by atoms with E-state index in [9.17, 15) is 0 Å². The lowest BCUT2D eigenvalue weighted by Crippen LogP contribution is -2.17. The first-order valence-electron chi connectivity index (χ1n) is 4.21. The van der Waals surface area contributed by atoms with E-state index in [1.807, 2.05) is 25.3 Å². The van der Waals surface area contributed by atoms with E-state index in [4.69, 9.17) is 17.3 Å². The highest BCUT2D eigenvalue weighted by molar-refractivity contribution is 7.98. The summed E-state index contributed by atoms with van der Waals surface area (Å²) in [7, 11) is 0. The third kappa shape index (κ3) is 3.22. The number of thioether (sulfide) groups is 1. The van der Waals surface area contributed by atoms with E-state index >= 15 is 0 Å². The van der Waals surface area contributed by atoms with Gasteiger partial charge < -0.3 is 5.73 Å². The van der Waals surface area contributed by atoms with Crippen molar-refractivity contribution < 1.29 is 0 Å². The summed E-state index contributed by atoms with van der Waals surface area (Å²) < 4.78 is 0. The van der Waals surface area contributed by atoms with E-state index < -0.39 is 0 Å². The first-order valence-corrected chi connectivity index (χ1v) is 5.81. The smallest absolute Gasteiger partial charge is 0.0544 e. The lowest BCUT2D eigenvalue weighted by molar-refractivity contribution is 0.738. The Morgan fingerprint density at radius 2 is 2.23 bits per heavy atom. The molecule has 1 aromatic rings. The molecule has 1 aromatic carbocycles. The van der Waals surface area contributed by atoms with Gasteiger partial charge >= 0.3 is 0 Å². The molecule has 0 saturated heterocycles. The molecule has 0 aliphatic rings. The number of rotatable bonds is 3. The topological polar surface area (TPSA) is 26.0 Å². The van der Waals surface area contributed by atoms with Gasteiger partial charge in [0.25, 0.3) is 0 Å². The molecule has 13 heavy (non-hydrogen) atoms. The minimum absolute atomic E-state index is 0.191. The van der Waals surface area contributed by atoms with Gasteiger partial charge in [-0.3, -0.25) is 0 Å². The average Bonchev–Trinajstić information content (AvgIpc) is 2.03. The predicted octanol–water partition coefficient (Wildman–Crippen LogP) is 2.95. The summed E-state index contributed by atoms with van der Waals surface area (Å²) in [4.78, 5) is 1.12. The van der Waals surface area contributed by atoms with Gasteiger partial charge in [0.1, 0.15) is 0 Å². The van der Waals surface area contributed by atoms with Crippen molar-refractivity contribution in [1.82, 2.24) is 0 Å².